The molecule has 0 aliphatic carbocycles. The second-order valence-corrected chi connectivity index (χ2v) is 4.67. The van der Waals surface area contributed by atoms with E-state index in [1.165, 1.54) is 18.3 Å². The molecule has 3 aromatic rings. The van der Waals surface area contributed by atoms with Crippen LogP contribution in [0.5, 0.6) is 0 Å². The molecule has 0 radical (unpaired) electrons. The minimum absolute atomic E-state index is 0.226. The molecule has 0 fully saturated rings. The number of rotatable bonds is 3. The molecule has 0 aliphatic heterocycles. The number of para-hydroxylation sites is 1. The van der Waals surface area contributed by atoms with E-state index in [0.29, 0.717) is 5.69 Å². The van der Waals surface area contributed by atoms with Crippen molar-refractivity contribution in [3.05, 3.63) is 77.7 Å². The number of fused-ring (bicyclic) bond motifs is 1. The molecule has 0 amide bonds. The molecule has 3 rings (SSSR count). The van der Waals surface area contributed by atoms with Crippen LogP contribution in [-0.2, 0) is 0 Å². The number of nitrogens with zero attached hydrogens (tertiary/aromatic N) is 3. The van der Waals surface area contributed by atoms with Gasteiger partial charge in [0.2, 0.25) is 0 Å². The van der Waals surface area contributed by atoms with Crippen molar-refractivity contribution in [2.75, 3.05) is 0 Å². The van der Waals surface area contributed by atoms with Crippen molar-refractivity contribution in [2.45, 2.75) is 0 Å². The van der Waals surface area contributed by atoms with Crippen molar-refractivity contribution in [3.8, 4) is 0 Å². The summed E-state index contributed by atoms with van der Waals surface area (Å²) in [6.45, 7) is 0. The highest BCUT2D eigenvalue weighted by atomic mass is 19.1. The van der Waals surface area contributed by atoms with Crippen LogP contribution in [0.15, 0.2) is 70.9 Å². The lowest BCUT2D eigenvalue weighted by molar-refractivity contribution is 0.628. The van der Waals surface area contributed by atoms with Gasteiger partial charge in [0.15, 0.2) is 5.84 Å². The zero-order valence-corrected chi connectivity index (χ0v) is 11.6. The van der Waals surface area contributed by atoms with Crippen molar-refractivity contribution >= 4 is 23.0 Å². The third-order valence-electron chi connectivity index (χ3n) is 3.10. The van der Waals surface area contributed by atoms with E-state index in [-0.39, 0.29) is 11.7 Å². The molecule has 0 bridgehead atoms. The Hall–Kier alpha value is -3.08. The Morgan fingerprint density at radius 3 is 2.59 bits per heavy atom. The Bertz CT molecular complexity index is 854. The first-order valence-electron chi connectivity index (χ1n) is 6.70. The Labute approximate surface area is 126 Å². The SMILES string of the molecule is N/C(=N\N=C\c1ccc(F)cc1)c1ccc2ccccc2n1. The van der Waals surface area contributed by atoms with E-state index in [1.54, 1.807) is 18.2 Å². The molecule has 0 saturated heterocycles. The molecule has 0 atom stereocenters. The molecule has 0 saturated carbocycles. The third-order valence-corrected chi connectivity index (χ3v) is 3.10. The van der Waals surface area contributed by atoms with E-state index in [2.05, 4.69) is 15.2 Å². The van der Waals surface area contributed by atoms with E-state index in [0.717, 1.165) is 16.5 Å². The van der Waals surface area contributed by atoms with Crippen molar-refractivity contribution in [1.82, 2.24) is 4.98 Å². The van der Waals surface area contributed by atoms with Crippen LogP contribution in [0.25, 0.3) is 10.9 Å². The summed E-state index contributed by atoms with van der Waals surface area (Å²) in [5.74, 6) is -0.0651. The molecule has 1 heterocycles. The predicted molar refractivity (Wildman–Crippen MR) is 86.5 cm³/mol. The molecule has 0 spiro atoms. The molecule has 108 valence electrons. The number of pyridine rings is 1. The van der Waals surface area contributed by atoms with Gasteiger partial charge in [-0.15, -0.1) is 5.10 Å². The standard InChI is InChI=1S/C17H13FN4/c18-14-8-5-12(6-9-14)11-20-22-17(19)16-10-7-13-3-1-2-4-15(13)21-16/h1-11H,(H2,19,22)/b20-11+. The zero-order valence-electron chi connectivity index (χ0n) is 11.6. The quantitative estimate of drug-likeness (QED) is 0.458. The average molecular weight is 292 g/mol. The van der Waals surface area contributed by atoms with Gasteiger partial charge in [0.25, 0.3) is 0 Å². The lowest BCUT2D eigenvalue weighted by atomic mass is 10.2. The monoisotopic (exact) mass is 292 g/mol. The average Bonchev–Trinajstić information content (AvgIpc) is 2.56. The highest BCUT2D eigenvalue weighted by Crippen LogP contribution is 2.11. The van der Waals surface area contributed by atoms with Gasteiger partial charge in [-0.2, -0.15) is 5.10 Å². The molecule has 22 heavy (non-hydrogen) atoms. The van der Waals surface area contributed by atoms with Gasteiger partial charge >= 0.3 is 0 Å². The smallest absolute Gasteiger partial charge is 0.172 e. The van der Waals surface area contributed by atoms with Gasteiger partial charge in [-0.1, -0.05) is 36.4 Å². The van der Waals surface area contributed by atoms with Gasteiger partial charge in [0.05, 0.1) is 11.7 Å². The van der Waals surface area contributed by atoms with Crippen LogP contribution in [0.1, 0.15) is 11.3 Å². The van der Waals surface area contributed by atoms with Gasteiger partial charge in [-0.25, -0.2) is 9.37 Å². The van der Waals surface area contributed by atoms with Crippen LogP contribution >= 0.6 is 0 Å². The number of aromatic nitrogens is 1. The lowest BCUT2D eigenvalue weighted by Crippen LogP contribution is -2.14. The molecular weight excluding hydrogens is 279 g/mol. The number of hydrogen-bond donors (Lipinski definition) is 1. The molecule has 1 aromatic heterocycles. The Morgan fingerprint density at radius 2 is 1.77 bits per heavy atom. The van der Waals surface area contributed by atoms with Crippen LogP contribution in [-0.4, -0.2) is 17.0 Å². The third kappa shape index (κ3) is 3.15. The maximum Gasteiger partial charge on any atom is 0.172 e. The second-order valence-electron chi connectivity index (χ2n) is 4.67. The first kappa shape index (κ1) is 13.9. The molecule has 5 heteroatoms. The fraction of sp³-hybridized carbons (Fsp3) is 0. The van der Waals surface area contributed by atoms with Gasteiger partial charge < -0.3 is 5.73 Å². The summed E-state index contributed by atoms with van der Waals surface area (Å²) >= 11 is 0. The fourth-order valence-corrected chi connectivity index (χ4v) is 1.97. The van der Waals surface area contributed by atoms with E-state index >= 15 is 0 Å². The van der Waals surface area contributed by atoms with Crippen LogP contribution < -0.4 is 5.73 Å². The predicted octanol–water partition coefficient (Wildman–Crippen LogP) is 3.11. The largest absolute Gasteiger partial charge is 0.380 e. The van der Waals surface area contributed by atoms with E-state index in [9.17, 15) is 4.39 Å². The number of nitrogens with two attached hydrogens (primary N) is 1. The van der Waals surface area contributed by atoms with Crippen molar-refractivity contribution in [1.29, 1.82) is 0 Å². The molecular formula is C17H13FN4. The normalized spacial score (nSPS) is 12.1. The minimum atomic E-state index is -0.291. The van der Waals surface area contributed by atoms with Crippen LogP contribution in [0.4, 0.5) is 4.39 Å². The van der Waals surface area contributed by atoms with Crippen molar-refractivity contribution < 1.29 is 4.39 Å². The topological polar surface area (TPSA) is 63.6 Å². The number of halogens is 1. The summed E-state index contributed by atoms with van der Waals surface area (Å²) < 4.78 is 12.8. The van der Waals surface area contributed by atoms with Crippen LogP contribution in [0, 0.1) is 5.82 Å². The summed E-state index contributed by atoms with van der Waals surface area (Å²) in [6.07, 6.45) is 1.51. The Balaban J connectivity index is 1.82. The zero-order chi connectivity index (χ0) is 15.4. The number of benzene rings is 2. The van der Waals surface area contributed by atoms with Gasteiger partial charge in [-0.05, 0) is 29.8 Å². The molecule has 0 unspecified atom stereocenters. The highest BCUT2D eigenvalue weighted by molar-refractivity contribution is 5.98. The first-order valence-corrected chi connectivity index (χ1v) is 6.70. The Morgan fingerprint density at radius 1 is 1.00 bits per heavy atom. The highest BCUT2D eigenvalue weighted by Gasteiger charge is 2.01. The van der Waals surface area contributed by atoms with Crippen LogP contribution in [0.3, 0.4) is 0 Å². The van der Waals surface area contributed by atoms with Crippen molar-refractivity contribution in [2.24, 2.45) is 15.9 Å². The first-order chi connectivity index (χ1) is 10.7. The summed E-state index contributed by atoms with van der Waals surface area (Å²) in [5.41, 5.74) is 8.04. The summed E-state index contributed by atoms with van der Waals surface area (Å²) in [7, 11) is 0. The van der Waals surface area contributed by atoms with Gasteiger partial charge in [-0.3, -0.25) is 0 Å². The van der Waals surface area contributed by atoms with Crippen molar-refractivity contribution in [3.63, 3.8) is 0 Å². The van der Waals surface area contributed by atoms with E-state index in [1.807, 2.05) is 30.3 Å². The number of hydrogen-bond acceptors (Lipinski definition) is 3. The fourth-order valence-electron chi connectivity index (χ4n) is 1.97. The summed E-state index contributed by atoms with van der Waals surface area (Å²) in [5, 5.41) is 8.87. The molecule has 2 aromatic carbocycles. The minimum Gasteiger partial charge on any atom is -0.380 e. The van der Waals surface area contributed by atoms with Gasteiger partial charge in [0.1, 0.15) is 11.5 Å². The summed E-state index contributed by atoms with van der Waals surface area (Å²) in [4.78, 5) is 4.43. The Kier molecular flexibility index (Phi) is 3.87. The lowest BCUT2D eigenvalue weighted by Gasteiger charge is -2.00. The second kappa shape index (κ2) is 6.13. The maximum atomic E-state index is 12.8. The van der Waals surface area contributed by atoms with E-state index in [4.69, 9.17) is 5.73 Å². The maximum absolute atomic E-state index is 12.8. The van der Waals surface area contributed by atoms with Gasteiger partial charge in [0, 0.05) is 5.39 Å². The summed E-state index contributed by atoms with van der Waals surface area (Å²) in [6, 6.07) is 17.4. The molecule has 4 nitrogen and oxygen atoms in total. The van der Waals surface area contributed by atoms with E-state index < -0.39 is 0 Å². The van der Waals surface area contributed by atoms with Crippen LogP contribution in [0.2, 0.25) is 0 Å². The number of amidine groups is 1. The molecule has 2 N–H and O–H groups in total. The molecule has 0 aliphatic rings.